The summed E-state index contributed by atoms with van der Waals surface area (Å²) in [5, 5.41) is 3.27. The van der Waals surface area contributed by atoms with Gasteiger partial charge in [0, 0.05) is 28.5 Å². The van der Waals surface area contributed by atoms with Gasteiger partial charge in [-0.1, -0.05) is 23.7 Å². The number of nitrogens with one attached hydrogen (secondary N) is 1. The summed E-state index contributed by atoms with van der Waals surface area (Å²) >= 11 is 6.27. The number of methoxy groups -OCH3 is 2. The number of anilines is 2. The van der Waals surface area contributed by atoms with E-state index in [1.165, 1.54) is 31.4 Å². The van der Waals surface area contributed by atoms with Gasteiger partial charge in [-0.2, -0.15) is 4.98 Å². The highest BCUT2D eigenvalue weighted by Crippen LogP contribution is 2.55. The van der Waals surface area contributed by atoms with Gasteiger partial charge in [0.1, 0.15) is 11.6 Å². The minimum Gasteiger partial charge on any atom is -0.480 e. The Morgan fingerprint density at radius 1 is 1.07 bits per heavy atom. The Kier molecular flexibility index (Phi) is 5.81. The van der Waals surface area contributed by atoms with E-state index in [1.54, 1.807) is 41.8 Å². The molecule has 2 aromatic heterocycles. The summed E-state index contributed by atoms with van der Waals surface area (Å²) in [7, 11) is 2.88. The topological polar surface area (TPSA) is 111 Å². The molecule has 4 aromatic rings. The maximum atomic E-state index is 15.5. The lowest BCUT2D eigenvalue weighted by Gasteiger charge is -2.36. The average Bonchev–Trinajstić information content (AvgIpc) is 3.53. The van der Waals surface area contributed by atoms with Gasteiger partial charge in [-0.05, 0) is 50.6 Å². The molecule has 1 atom stereocenters. The summed E-state index contributed by atoms with van der Waals surface area (Å²) in [4.78, 5) is 42.9. The average molecular weight is 563 g/mol. The van der Waals surface area contributed by atoms with Gasteiger partial charge in [-0.25, -0.2) is 14.4 Å². The van der Waals surface area contributed by atoms with Crippen molar-refractivity contribution in [3.8, 4) is 23.3 Å². The molecule has 1 unspecified atom stereocenters. The number of aromatic nitrogens is 4. The smallest absolute Gasteiger partial charge is 0.319 e. The highest BCUT2D eigenvalue weighted by molar-refractivity contribution is 6.31. The zero-order chi connectivity index (χ0) is 28.5. The van der Waals surface area contributed by atoms with Crippen LogP contribution in [0.2, 0.25) is 5.02 Å². The first kappa shape index (κ1) is 25.8. The Bertz CT molecular complexity index is 1740. The third kappa shape index (κ3) is 3.37. The fraction of sp³-hybridized carbons (Fsp3) is 0.250. The summed E-state index contributed by atoms with van der Waals surface area (Å²) in [6.07, 6.45) is 1.48. The number of hydrogen-bond donors (Lipinski definition) is 1. The lowest BCUT2D eigenvalue weighted by atomic mass is 9.86. The van der Waals surface area contributed by atoms with Crippen molar-refractivity contribution in [3.05, 3.63) is 75.9 Å². The summed E-state index contributed by atoms with van der Waals surface area (Å²) in [5.41, 5.74) is 0.435. The molecule has 0 bridgehead atoms. The summed E-state index contributed by atoms with van der Waals surface area (Å²) in [5.74, 6) is -1.34. The number of halogens is 2. The SMILES string of the molecule is COc1ncc(-c2nc3c(n2C(C)C)C2(C(=O)Nc4cc(Cl)ccc42)N(c2cc(C)ccc2F)C3=O)c(OC)n1. The molecule has 204 valence electrons. The van der Waals surface area contributed by atoms with E-state index in [2.05, 4.69) is 15.3 Å². The third-order valence-electron chi connectivity index (χ3n) is 7.15. The predicted molar refractivity (Wildman–Crippen MR) is 146 cm³/mol. The molecule has 0 aliphatic carbocycles. The fourth-order valence-corrected chi connectivity index (χ4v) is 5.73. The van der Waals surface area contributed by atoms with Gasteiger partial charge in [0.2, 0.25) is 5.88 Å². The van der Waals surface area contributed by atoms with E-state index < -0.39 is 23.2 Å². The molecule has 0 radical (unpaired) electrons. The Morgan fingerprint density at radius 2 is 1.85 bits per heavy atom. The van der Waals surface area contributed by atoms with E-state index in [0.29, 0.717) is 38.9 Å². The molecule has 2 aliphatic heterocycles. The quantitative estimate of drug-likeness (QED) is 0.368. The van der Waals surface area contributed by atoms with Crippen LogP contribution in [0.1, 0.15) is 47.2 Å². The summed E-state index contributed by atoms with van der Waals surface area (Å²) in [6.45, 7) is 5.57. The van der Waals surface area contributed by atoms with Gasteiger partial charge < -0.3 is 19.4 Å². The van der Waals surface area contributed by atoms with Gasteiger partial charge in [-0.3, -0.25) is 14.5 Å². The van der Waals surface area contributed by atoms with E-state index in [4.69, 9.17) is 26.1 Å². The first-order valence-electron chi connectivity index (χ1n) is 12.4. The standard InChI is InChI=1S/C28H24ClFN6O4/c1-13(2)35-22-21(33-23(35)16-12-31-27(40-5)34-24(16)39-4)25(37)36(20-10-14(3)6-9-18(20)30)28(22)17-8-7-15(29)11-19(17)32-26(28)38/h6-13H,1-5H3,(H,32,38). The first-order chi connectivity index (χ1) is 19.1. The van der Waals surface area contributed by atoms with Crippen molar-refractivity contribution in [3.63, 3.8) is 0 Å². The number of nitrogens with zero attached hydrogens (tertiary/aromatic N) is 5. The van der Waals surface area contributed by atoms with Crippen molar-refractivity contribution in [2.75, 3.05) is 24.4 Å². The maximum Gasteiger partial charge on any atom is 0.319 e. The molecule has 12 heteroatoms. The van der Waals surface area contributed by atoms with E-state index >= 15 is 4.39 Å². The van der Waals surface area contributed by atoms with Crippen molar-refractivity contribution >= 4 is 34.8 Å². The van der Waals surface area contributed by atoms with Crippen LogP contribution in [-0.4, -0.2) is 45.6 Å². The lowest BCUT2D eigenvalue weighted by molar-refractivity contribution is -0.119. The maximum absolute atomic E-state index is 15.5. The van der Waals surface area contributed by atoms with Crippen LogP contribution in [0, 0.1) is 12.7 Å². The van der Waals surface area contributed by atoms with Gasteiger partial charge >= 0.3 is 6.01 Å². The molecule has 40 heavy (non-hydrogen) atoms. The minimum absolute atomic E-state index is 0.000396. The number of imidazole rings is 1. The normalized spacial score (nSPS) is 17.4. The van der Waals surface area contributed by atoms with E-state index in [-0.39, 0.29) is 29.3 Å². The predicted octanol–water partition coefficient (Wildman–Crippen LogP) is 4.90. The van der Waals surface area contributed by atoms with E-state index in [1.807, 2.05) is 13.8 Å². The molecule has 0 saturated carbocycles. The van der Waals surface area contributed by atoms with Crippen molar-refractivity contribution in [2.45, 2.75) is 32.4 Å². The molecular weight excluding hydrogens is 539 g/mol. The van der Waals surface area contributed by atoms with E-state index in [9.17, 15) is 9.59 Å². The number of carbonyl (C=O) groups is 2. The fourth-order valence-electron chi connectivity index (χ4n) is 5.55. The Hall–Kier alpha value is -4.51. The van der Waals surface area contributed by atoms with Crippen molar-refractivity contribution in [1.82, 2.24) is 19.5 Å². The Balaban J connectivity index is 1.73. The number of amides is 2. The lowest BCUT2D eigenvalue weighted by Crippen LogP contribution is -2.51. The van der Waals surface area contributed by atoms with Gasteiger partial charge in [0.05, 0.1) is 31.2 Å². The summed E-state index contributed by atoms with van der Waals surface area (Å²) in [6, 6.07) is 9.11. The second-order valence-corrected chi connectivity index (χ2v) is 10.3. The number of ether oxygens (including phenoxy) is 2. The van der Waals surface area contributed by atoms with Crippen LogP contribution in [-0.2, 0) is 10.3 Å². The molecule has 0 fully saturated rings. The molecule has 2 amide bonds. The van der Waals surface area contributed by atoms with Crippen LogP contribution in [0.5, 0.6) is 11.9 Å². The number of aryl methyl sites for hydroxylation is 1. The molecule has 6 rings (SSSR count). The van der Waals surface area contributed by atoms with E-state index in [0.717, 1.165) is 0 Å². The Morgan fingerprint density at radius 3 is 2.55 bits per heavy atom. The van der Waals surface area contributed by atoms with Crippen LogP contribution in [0.3, 0.4) is 0 Å². The van der Waals surface area contributed by atoms with Crippen molar-refractivity contribution in [2.24, 2.45) is 0 Å². The number of rotatable bonds is 5. The molecule has 10 nitrogen and oxygen atoms in total. The molecule has 4 heterocycles. The second-order valence-electron chi connectivity index (χ2n) is 9.83. The zero-order valence-electron chi connectivity index (χ0n) is 22.2. The largest absolute Gasteiger partial charge is 0.480 e. The molecule has 2 aromatic carbocycles. The molecule has 0 saturated heterocycles. The molecule has 2 aliphatic rings. The first-order valence-corrected chi connectivity index (χ1v) is 12.8. The highest BCUT2D eigenvalue weighted by atomic mass is 35.5. The molecule has 1 N–H and O–H groups in total. The molecular formula is C28H24ClFN6O4. The number of hydrogen-bond acceptors (Lipinski definition) is 7. The third-order valence-corrected chi connectivity index (χ3v) is 7.39. The van der Waals surface area contributed by atoms with Gasteiger partial charge in [0.25, 0.3) is 11.8 Å². The van der Waals surface area contributed by atoms with Gasteiger partial charge in [0.15, 0.2) is 11.2 Å². The second kappa shape index (κ2) is 9.02. The number of fused-ring (bicyclic) bond motifs is 4. The minimum atomic E-state index is -1.78. The highest BCUT2D eigenvalue weighted by Gasteiger charge is 2.64. The monoisotopic (exact) mass is 562 g/mol. The molecule has 1 spiro atoms. The van der Waals surface area contributed by atoms with Crippen molar-refractivity contribution in [1.29, 1.82) is 0 Å². The van der Waals surface area contributed by atoms with Crippen LogP contribution in [0.15, 0.2) is 42.6 Å². The van der Waals surface area contributed by atoms with Crippen molar-refractivity contribution < 1.29 is 23.5 Å². The van der Waals surface area contributed by atoms with Crippen LogP contribution in [0.25, 0.3) is 11.4 Å². The van der Waals surface area contributed by atoms with Gasteiger partial charge in [-0.15, -0.1) is 0 Å². The zero-order valence-corrected chi connectivity index (χ0v) is 23.0. The number of carbonyl (C=O) groups excluding carboxylic acids is 2. The van der Waals surface area contributed by atoms with Crippen LogP contribution >= 0.6 is 11.6 Å². The van der Waals surface area contributed by atoms with Crippen LogP contribution in [0.4, 0.5) is 15.8 Å². The Labute approximate surface area is 233 Å². The summed E-state index contributed by atoms with van der Waals surface area (Å²) < 4.78 is 27.9. The number of benzene rings is 2. The van der Waals surface area contributed by atoms with Crippen LogP contribution < -0.4 is 19.7 Å².